The zero-order valence-corrected chi connectivity index (χ0v) is 15.4. The molecule has 2 aromatic rings. The summed E-state index contributed by atoms with van der Waals surface area (Å²) in [5.41, 5.74) is 4.21. The smallest absolute Gasteiger partial charge is 0.222 e. The fourth-order valence-electron chi connectivity index (χ4n) is 3.54. The number of hydrogen-bond acceptors (Lipinski definition) is 4. The topological polar surface area (TPSA) is 63.9 Å². The summed E-state index contributed by atoms with van der Waals surface area (Å²) in [5.74, 6) is 0.682. The van der Waals surface area contributed by atoms with Crippen molar-refractivity contribution < 1.29 is 4.79 Å². The highest BCUT2D eigenvalue weighted by Crippen LogP contribution is 2.26. The molecule has 6 heteroatoms. The Hall–Kier alpha value is -2.24. The molecule has 0 atom stereocenters. The van der Waals surface area contributed by atoms with Gasteiger partial charge in [0, 0.05) is 50.1 Å². The minimum atomic E-state index is 0.260. The highest BCUT2D eigenvalue weighted by Gasteiger charge is 2.24. The van der Waals surface area contributed by atoms with E-state index in [0.717, 1.165) is 61.7 Å². The van der Waals surface area contributed by atoms with Crippen LogP contribution in [0.15, 0.2) is 18.5 Å². The Morgan fingerprint density at radius 2 is 1.92 bits per heavy atom. The van der Waals surface area contributed by atoms with Gasteiger partial charge in [-0.25, -0.2) is 0 Å². The second kappa shape index (κ2) is 7.76. The van der Waals surface area contributed by atoms with E-state index in [0.29, 0.717) is 12.3 Å². The first-order chi connectivity index (χ1) is 12.0. The van der Waals surface area contributed by atoms with E-state index in [1.165, 1.54) is 0 Å². The minimum Gasteiger partial charge on any atom is -0.343 e. The number of aromatic nitrogens is 4. The molecule has 0 aromatic carbocycles. The molecular formula is C19H27N5O. The van der Waals surface area contributed by atoms with Gasteiger partial charge in [0.05, 0.1) is 17.1 Å². The van der Waals surface area contributed by atoms with Gasteiger partial charge in [-0.05, 0) is 46.1 Å². The second-order valence-corrected chi connectivity index (χ2v) is 6.99. The van der Waals surface area contributed by atoms with Crippen molar-refractivity contribution in [2.24, 2.45) is 0 Å². The van der Waals surface area contributed by atoms with Crippen molar-refractivity contribution >= 4 is 5.91 Å². The van der Waals surface area contributed by atoms with Crippen LogP contribution in [0, 0.1) is 20.8 Å². The first-order valence-electron chi connectivity index (χ1n) is 9.10. The van der Waals surface area contributed by atoms with E-state index >= 15 is 0 Å². The number of rotatable bonds is 5. The molecule has 1 aliphatic rings. The van der Waals surface area contributed by atoms with Crippen molar-refractivity contribution in [2.75, 3.05) is 13.1 Å². The summed E-state index contributed by atoms with van der Waals surface area (Å²) in [6.45, 7) is 8.47. The van der Waals surface area contributed by atoms with E-state index in [2.05, 4.69) is 28.1 Å². The monoisotopic (exact) mass is 341 g/mol. The van der Waals surface area contributed by atoms with Gasteiger partial charge in [-0.3, -0.25) is 19.4 Å². The van der Waals surface area contributed by atoms with Crippen molar-refractivity contribution in [1.82, 2.24) is 24.6 Å². The quantitative estimate of drug-likeness (QED) is 0.839. The summed E-state index contributed by atoms with van der Waals surface area (Å²) in [7, 11) is 0. The summed E-state index contributed by atoms with van der Waals surface area (Å²) < 4.78 is 1.99. The SMILES string of the molecule is Cc1cncc(C2CCN(C(=O)CCCn3nc(C)cc3C)CC2)n1. The van der Waals surface area contributed by atoms with E-state index in [1.54, 1.807) is 6.20 Å². The fourth-order valence-corrected chi connectivity index (χ4v) is 3.54. The summed E-state index contributed by atoms with van der Waals surface area (Å²) in [5, 5.41) is 4.45. The number of carbonyl (C=O) groups is 1. The predicted octanol–water partition coefficient (Wildman–Crippen LogP) is 2.78. The van der Waals surface area contributed by atoms with Gasteiger partial charge < -0.3 is 4.90 Å². The van der Waals surface area contributed by atoms with Gasteiger partial charge in [-0.15, -0.1) is 0 Å². The maximum Gasteiger partial charge on any atom is 0.222 e. The fraction of sp³-hybridized carbons (Fsp3) is 0.579. The van der Waals surface area contributed by atoms with Crippen LogP contribution in [-0.4, -0.2) is 43.6 Å². The van der Waals surface area contributed by atoms with Crippen LogP contribution in [-0.2, 0) is 11.3 Å². The number of hydrogen-bond donors (Lipinski definition) is 0. The molecule has 1 fully saturated rings. The molecule has 0 aliphatic carbocycles. The van der Waals surface area contributed by atoms with Crippen LogP contribution in [0.5, 0.6) is 0 Å². The number of nitrogens with zero attached hydrogens (tertiary/aromatic N) is 5. The van der Waals surface area contributed by atoms with Gasteiger partial charge in [0.25, 0.3) is 0 Å². The normalized spacial score (nSPS) is 15.6. The lowest BCUT2D eigenvalue weighted by Crippen LogP contribution is -2.38. The lowest BCUT2D eigenvalue weighted by atomic mass is 9.93. The van der Waals surface area contributed by atoms with Crippen molar-refractivity contribution in [3.63, 3.8) is 0 Å². The summed E-state index contributed by atoms with van der Waals surface area (Å²) in [6.07, 6.45) is 7.02. The molecule has 1 saturated heterocycles. The number of carbonyl (C=O) groups excluding carboxylic acids is 1. The zero-order chi connectivity index (χ0) is 17.8. The zero-order valence-electron chi connectivity index (χ0n) is 15.4. The average molecular weight is 341 g/mol. The predicted molar refractivity (Wildman–Crippen MR) is 96.3 cm³/mol. The number of amides is 1. The molecule has 0 radical (unpaired) electrons. The molecule has 0 N–H and O–H groups in total. The molecule has 0 bridgehead atoms. The van der Waals surface area contributed by atoms with Crippen LogP contribution in [0.25, 0.3) is 0 Å². The van der Waals surface area contributed by atoms with Crippen LogP contribution in [0.2, 0.25) is 0 Å². The molecule has 2 aromatic heterocycles. The third-order valence-electron chi connectivity index (χ3n) is 4.90. The molecule has 3 heterocycles. The Balaban J connectivity index is 1.44. The number of likely N-dealkylation sites (tertiary alicyclic amines) is 1. The van der Waals surface area contributed by atoms with E-state index in [-0.39, 0.29) is 5.91 Å². The molecule has 1 amide bonds. The minimum absolute atomic E-state index is 0.260. The Morgan fingerprint density at radius 1 is 1.16 bits per heavy atom. The maximum absolute atomic E-state index is 12.4. The Morgan fingerprint density at radius 3 is 2.56 bits per heavy atom. The van der Waals surface area contributed by atoms with Gasteiger partial charge in [0.1, 0.15) is 0 Å². The summed E-state index contributed by atoms with van der Waals surface area (Å²) >= 11 is 0. The first-order valence-corrected chi connectivity index (χ1v) is 9.10. The molecule has 1 aliphatic heterocycles. The van der Waals surface area contributed by atoms with Gasteiger partial charge >= 0.3 is 0 Å². The van der Waals surface area contributed by atoms with Crippen LogP contribution >= 0.6 is 0 Å². The van der Waals surface area contributed by atoms with Gasteiger partial charge in [0.2, 0.25) is 5.91 Å². The van der Waals surface area contributed by atoms with Crippen molar-refractivity contribution in [3.8, 4) is 0 Å². The molecule has 0 unspecified atom stereocenters. The molecule has 0 spiro atoms. The Bertz CT molecular complexity index is 731. The lowest BCUT2D eigenvalue weighted by Gasteiger charge is -2.31. The molecular weight excluding hydrogens is 314 g/mol. The highest BCUT2D eigenvalue weighted by atomic mass is 16.2. The molecule has 3 rings (SSSR count). The van der Waals surface area contributed by atoms with Gasteiger partial charge in [0.15, 0.2) is 0 Å². The molecule has 0 saturated carbocycles. The van der Waals surface area contributed by atoms with Crippen molar-refractivity contribution in [1.29, 1.82) is 0 Å². The standard InChI is InChI=1S/C19H27N5O/c1-14-11-16(3)24(22-14)8-4-5-19(25)23-9-6-17(7-10-23)18-13-20-12-15(2)21-18/h11-13,17H,4-10H2,1-3H3. The number of aryl methyl sites for hydroxylation is 4. The number of piperidine rings is 1. The van der Waals surface area contributed by atoms with Crippen LogP contribution in [0.1, 0.15) is 54.4 Å². The Kier molecular flexibility index (Phi) is 5.46. The molecule has 25 heavy (non-hydrogen) atoms. The highest BCUT2D eigenvalue weighted by molar-refractivity contribution is 5.76. The maximum atomic E-state index is 12.4. The van der Waals surface area contributed by atoms with E-state index < -0.39 is 0 Å². The summed E-state index contributed by atoms with van der Waals surface area (Å²) in [4.78, 5) is 23.3. The third-order valence-corrected chi connectivity index (χ3v) is 4.90. The second-order valence-electron chi connectivity index (χ2n) is 6.99. The molecule has 6 nitrogen and oxygen atoms in total. The van der Waals surface area contributed by atoms with Crippen LogP contribution in [0.4, 0.5) is 0 Å². The molecule has 134 valence electrons. The van der Waals surface area contributed by atoms with E-state index in [9.17, 15) is 4.79 Å². The Labute approximate surface area is 149 Å². The van der Waals surface area contributed by atoms with Gasteiger partial charge in [-0.1, -0.05) is 0 Å². The van der Waals surface area contributed by atoms with Gasteiger partial charge in [-0.2, -0.15) is 5.10 Å². The summed E-state index contributed by atoms with van der Waals surface area (Å²) in [6, 6.07) is 2.07. The van der Waals surface area contributed by atoms with Crippen LogP contribution < -0.4 is 0 Å². The first kappa shape index (κ1) is 17.6. The van der Waals surface area contributed by atoms with Crippen molar-refractivity contribution in [2.45, 2.75) is 58.9 Å². The van der Waals surface area contributed by atoms with E-state index in [4.69, 9.17) is 0 Å². The lowest BCUT2D eigenvalue weighted by molar-refractivity contribution is -0.132. The van der Waals surface area contributed by atoms with E-state index in [1.807, 2.05) is 29.6 Å². The van der Waals surface area contributed by atoms with Crippen LogP contribution in [0.3, 0.4) is 0 Å². The van der Waals surface area contributed by atoms with Crippen molar-refractivity contribution in [3.05, 3.63) is 41.2 Å². The average Bonchev–Trinajstić information content (AvgIpc) is 2.92. The largest absolute Gasteiger partial charge is 0.343 e. The third kappa shape index (κ3) is 4.44.